The van der Waals surface area contributed by atoms with Gasteiger partial charge >= 0.3 is 5.97 Å². The highest BCUT2D eigenvalue weighted by Crippen LogP contribution is 2.31. The number of nitrogens with one attached hydrogen (secondary N) is 1. The quantitative estimate of drug-likeness (QED) is 0.726. The Morgan fingerprint density at radius 2 is 1.71 bits per heavy atom. The summed E-state index contributed by atoms with van der Waals surface area (Å²) in [4.78, 5) is 19.5. The molecule has 1 aromatic heterocycles. The van der Waals surface area contributed by atoms with Crippen LogP contribution < -0.4 is 5.32 Å². The summed E-state index contributed by atoms with van der Waals surface area (Å²) in [7, 11) is 0. The number of rotatable bonds is 4. The number of para-hydroxylation sites is 1. The number of benzene rings is 2. The number of carbonyl (C=O) groups is 1. The van der Waals surface area contributed by atoms with Crippen molar-refractivity contribution in [1.29, 1.82) is 0 Å². The van der Waals surface area contributed by atoms with Crippen LogP contribution in [-0.2, 0) is 6.54 Å². The van der Waals surface area contributed by atoms with Gasteiger partial charge in [-0.05, 0) is 19.9 Å². The maximum absolute atomic E-state index is 12.3. The first-order valence-electron chi connectivity index (χ1n) is 9.71. The second-order valence-corrected chi connectivity index (χ2v) is 7.67. The van der Waals surface area contributed by atoms with E-state index in [0.29, 0.717) is 35.1 Å². The van der Waals surface area contributed by atoms with Crippen molar-refractivity contribution in [3.05, 3.63) is 65.7 Å². The van der Waals surface area contributed by atoms with Crippen molar-refractivity contribution in [1.82, 2.24) is 15.2 Å². The summed E-state index contributed by atoms with van der Waals surface area (Å²) in [6.07, 6.45) is 0. The Morgan fingerprint density at radius 1 is 1.07 bits per heavy atom. The van der Waals surface area contributed by atoms with Gasteiger partial charge in [0.15, 0.2) is 0 Å². The van der Waals surface area contributed by atoms with Gasteiger partial charge in [0.25, 0.3) is 0 Å². The van der Waals surface area contributed by atoms with Gasteiger partial charge in [-0.25, -0.2) is 9.78 Å². The highest BCUT2D eigenvalue weighted by molar-refractivity contribution is 6.05. The number of hydrogen-bond acceptors (Lipinski definition) is 4. The average Bonchev–Trinajstić information content (AvgIpc) is 2.67. The molecule has 1 aliphatic rings. The van der Waals surface area contributed by atoms with E-state index in [4.69, 9.17) is 4.98 Å². The van der Waals surface area contributed by atoms with Crippen LogP contribution in [0.1, 0.15) is 29.8 Å². The van der Waals surface area contributed by atoms with E-state index in [1.807, 2.05) is 54.6 Å². The number of aromatic carboxylic acids is 1. The highest BCUT2D eigenvalue weighted by Gasteiger charge is 2.26. The van der Waals surface area contributed by atoms with Crippen LogP contribution in [0.3, 0.4) is 0 Å². The summed E-state index contributed by atoms with van der Waals surface area (Å²) >= 11 is 0. The first-order chi connectivity index (χ1) is 13.5. The molecule has 2 atom stereocenters. The SMILES string of the molecule is C[C@@H]1CN(Cc2c(-c3ccccc3)nc3ccccc3c2C(=O)O)C[C@H](C)N1. The third-order valence-electron chi connectivity index (χ3n) is 5.27. The Hall–Kier alpha value is -2.76. The summed E-state index contributed by atoms with van der Waals surface area (Å²) in [5, 5.41) is 14.3. The molecule has 0 amide bonds. The normalized spacial score (nSPS) is 20.4. The maximum Gasteiger partial charge on any atom is 0.336 e. The molecular weight excluding hydrogens is 350 g/mol. The molecule has 2 heterocycles. The van der Waals surface area contributed by atoms with Gasteiger partial charge in [-0.2, -0.15) is 0 Å². The molecule has 0 radical (unpaired) electrons. The number of aromatic nitrogens is 1. The highest BCUT2D eigenvalue weighted by atomic mass is 16.4. The molecule has 0 spiro atoms. The molecule has 2 aromatic carbocycles. The van der Waals surface area contributed by atoms with Crippen molar-refractivity contribution in [2.24, 2.45) is 0 Å². The van der Waals surface area contributed by atoms with Crippen LogP contribution in [0.2, 0.25) is 0 Å². The largest absolute Gasteiger partial charge is 0.478 e. The fourth-order valence-corrected chi connectivity index (χ4v) is 4.28. The van der Waals surface area contributed by atoms with Gasteiger partial charge in [-0.3, -0.25) is 4.90 Å². The predicted octanol–water partition coefficient (Wildman–Crippen LogP) is 3.78. The fraction of sp³-hybridized carbons (Fsp3) is 0.304. The Morgan fingerprint density at radius 3 is 2.39 bits per heavy atom. The van der Waals surface area contributed by atoms with E-state index in [2.05, 4.69) is 24.1 Å². The van der Waals surface area contributed by atoms with Gasteiger partial charge in [-0.15, -0.1) is 0 Å². The van der Waals surface area contributed by atoms with Gasteiger partial charge in [0, 0.05) is 48.2 Å². The van der Waals surface area contributed by atoms with Crippen LogP contribution in [0.15, 0.2) is 54.6 Å². The van der Waals surface area contributed by atoms with E-state index in [1.54, 1.807) is 0 Å². The summed E-state index contributed by atoms with van der Waals surface area (Å²) in [5.74, 6) is -0.901. The second-order valence-electron chi connectivity index (χ2n) is 7.67. The minimum Gasteiger partial charge on any atom is -0.478 e. The number of carboxylic acid groups (broad SMARTS) is 1. The van der Waals surface area contributed by atoms with Gasteiger partial charge in [0.2, 0.25) is 0 Å². The third-order valence-corrected chi connectivity index (χ3v) is 5.27. The van der Waals surface area contributed by atoms with Crippen molar-refractivity contribution in [2.45, 2.75) is 32.5 Å². The van der Waals surface area contributed by atoms with Crippen molar-refractivity contribution < 1.29 is 9.90 Å². The van der Waals surface area contributed by atoms with Crippen LogP contribution in [0.4, 0.5) is 0 Å². The molecule has 1 aliphatic heterocycles. The first kappa shape index (κ1) is 18.6. The zero-order valence-corrected chi connectivity index (χ0v) is 16.2. The molecule has 3 aromatic rings. The molecule has 144 valence electrons. The van der Waals surface area contributed by atoms with Crippen LogP contribution in [0.5, 0.6) is 0 Å². The van der Waals surface area contributed by atoms with Gasteiger partial charge < -0.3 is 10.4 Å². The summed E-state index contributed by atoms with van der Waals surface area (Å²) < 4.78 is 0. The summed E-state index contributed by atoms with van der Waals surface area (Å²) in [5.41, 5.74) is 3.57. The van der Waals surface area contributed by atoms with Crippen molar-refractivity contribution in [2.75, 3.05) is 13.1 Å². The summed E-state index contributed by atoms with van der Waals surface area (Å²) in [6.45, 7) is 6.66. The Balaban J connectivity index is 1.91. The van der Waals surface area contributed by atoms with Crippen molar-refractivity contribution in [3.8, 4) is 11.3 Å². The maximum atomic E-state index is 12.3. The Bertz CT molecular complexity index is 993. The number of nitrogens with zero attached hydrogens (tertiary/aromatic N) is 2. The Kier molecular flexibility index (Phi) is 5.11. The third kappa shape index (κ3) is 3.63. The predicted molar refractivity (Wildman–Crippen MR) is 111 cm³/mol. The molecule has 0 bridgehead atoms. The minimum atomic E-state index is -0.901. The smallest absolute Gasteiger partial charge is 0.336 e. The number of carboxylic acids is 1. The van der Waals surface area contributed by atoms with E-state index < -0.39 is 5.97 Å². The standard InChI is InChI=1S/C23H25N3O2/c1-15-12-26(13-16(2)24-15)14-19-21(23(27)28)18-10-6-7-11-20(18)25-22(19)17-8-4-3-5-9-17/h3-11,15-16,24H,12-14H2,1-2H3,(H,27,28)/t15-,16+. The van der Waals surface area contributed by atoms with E-state index in [9.17, 15) is 9.90 Å². The molecule has 2 N–H and O–H groups in total. The fourth-order valence-electron chi connectivity index (χ4n) is 4.28. The summed E-state index contributed by atoms with van der Waals surface area (Å²) in [6, 6.07) is 18.1. The van der Waals surface area contributed by atoms with Gasteiger partial charge in [-0.1, -0.05) is 48.5 Å². The lowest BCUT2D eigenvalue weighted by molar-refractivity contribution is 0.0696. The lowest BCUT2D eigenvalue weighted by Gasteiger charge is -2.36. The number of pyridine rings is 1. The average molecular weight is 375 g/mol. The second kappa shape index (κ2) is 7.70. The number of fused-ring (bicyclic) bond motifs is 1. The molecule has 1 fully saturated rings. The molecule has 5 nitrogen and oxygen atoms in total. The molecule has 0 unspecified atom stereocenters. The molecule has 4 rings (SSSR count). The molecule has 1 saturated heterocycles. The van der Waals surface area contributed by atoms with Gasteiger partial charge in [0.1, 0.15) is 0 Å². The van der Waals surface area contributed by atoms with Crippen molar-refractivity contribution >= 4 is 16.9 Å². The van der Waals surface area contributed by atoms with Crippen LogP contribution >= 0.6 is 0 Å². The monoisotopic (exact) mass is 375 g/mol. The Labute approximate surface area is 165 Å². The lowest BCUT2D eigenvalue weighted by Crippen LogP contribution is -2.53. The molecule has 28 heavy (non-hydrogen) atoms. The zero-order chi connectivity index (χ0) is 19.7. The van der Waals surface area contributed by atoms with Crippen LogP contribution in [-0.4, -0.2) is 46.1 Å². The van der Waals surface area contributed by atoms with Crippen molar-refractivity contribution in [3.63, 3.8) is 0 Å². The van der Waals surface area contributed by atoms with Crippen LogP contribution in [0.25, 0.3) is 22.2 Å². The number of hydrogen-bond donors (Lipinski definition) is 2. The van der Waals surface area contributed by atoms with E-state index >= 15 is 0 Å². The van der Waals surface area contributed by atoms with E-state index in [0.717, 1.165) is 29.9 Å². The molecule has 5 heteroatoms. The first-order valence-corrected chi connectivity index (χ1v) is 9.71. The zero-order valence-electron chi connectivity index (χ0n) is 16.2. The lowest BCUT2D eigenvalue weighted by atomic mass is 9.95. The van der Waals surface area contributed by atoms with Gasteiger partial charge in [0.05, 0.1) is 16.8 Å². The topological polar surface area (TPSA) is 65.5 Å². The molecular formula is C23H25N3O2. The number of piperazine rings is 1. The molecule has 0 aliphatic carbocycles. The minimum absolute atomic E-state index is 0.364. The van der Waals surface area contributed by atoms with E-state index in [1.165, 1.54) is 0 Å². The van der Waals surface area contributed by atoms with E-state index in [-0.39, 0.29) is 0 Å². The molecule has 0 saturated carbocycles. The van der Waals surface area contributed by atoms with Crippen LogP contribution in [0, 0.1) is 0 Å².